The zero-order chi connectivity index (χ0) is 16.7. The van der Waals surface area contributed by atoms with Crippen LogP contribution < -0.4 is 5.48 Å². The van der Waals surface area contributed by atoms with Gasteiger partial charge >= 0.3 is 0 Å². The van der Waals surface area contributed by atoms with Gasteiger partial charge in [-0.3, -0.25) is 4.21 Å². The molecule has 8 nitrogen and oxygen atoms in total. The zero-order valence-electron chi connectivity index (χ0n) is 12.4. The molecule has 0 amide bonds. The molecule has 0 aromatic rings. The van der Waals surface area contributed by atoms with E-state index < -0.39 is 52.6 Å². The highest BCUT2D eigenvalue weighted by atomic mass is 32.2. The molecule has 0 bridgehead atoms. The van der Waals surface area contributed by atoms with E-state index in [2.05, 4.69) is 5.48 Å². The van der Waals surface area contributed by atoms with Gasteiger partial charge in [0.2, 0.25) is 0 Å². The summed E-state index contributed by atoms with van der Waals surface area (Å²) in [6.07, 6.45) is -1.46. The second-order valence-electron chi connectivity index (χ2n) is 5.22. The van der Waals surface area contributed by atoms with Crippen molar-refractivity contribution in [3.8, 4) is 0 Å². The summed E-state index contributed by atoms with van der Waals surface area (Å²) in [6.45, 7) is -0.485. The van der Waals surface area contributed by atoms with Gasteiger partial charge in [-0.1, -0.05) is 6.42 Å². The van der Waals surface area contributed by atoms with Crippen LogP contribution in [0.1, 0.15) is 19.3 Å². The Morgan fingerprint density at radius 1 is 1.23 bits per heavy atom. The van der Waals surface area contributed by atoms with Crippen LogP contribution >= 0.6 is 11.8 Å². The number of rotatable bonds is 9. The molecule has 1 rings (SSSR count). The largest absolute Gasteiger partial charge is 0.394 e. The SMILES string of the molecule is C[S@](=O)CCCCC(NO)S[C@@H]1O[C@H](CO)[C@@H](O)[C@H](O)[C@H]1O. The number of thioether (sulfide) groups is 1. The first-order valence-corrected chi connectivity index (χ1v) is 9.73. The van der Waals surface area contributed by atoms with Gasteiger partial charge in [0.05, 0.1) is 12.0 Å². The minimum Gasteiger partial charge on any atom is -0.394 e. The fourth-order valence-electron chi connectivity index (χ4n) is 2.14. The van der Waals surface area contributed by atoms with Crippen molar-refractivity contribution in [1.82, 2.24) is 5.48 Å². The van der Waals surface area contributed by atoms with Crippen molar-refractivity contribution >= 4 is 22.6 Å². The van der Waals surface area contributed by atoms with Crippen molar-refractivity contribution in [2.24, 2.45) is 0 Å². The van der Waals surface area contributed by atoms with Crippen LogP contribution in [0.2, 0.25) is 0 Å². The van der Waals surface area contributed by atoms with Gasteiger partial charge in [0, 0.05) is 22.8 Å². The van der Waals surface area contributed by atoms with Gasteiger partial charge in [-0.25, -0.2) is 0 Å². The number of unbranched alkanes of at least 4 members (excludes halogenated alkanes) is 1. The van der Waals surface area contributed by atoms with Crippen molar-refractivity contribution in [2.45, 2.75) is 54.5 Å². The zero-order valence-corrected chi connectivity index (χ0v) is 14.0. The van der Waals surface area contributed by atoms with E-state index in [1.54, 1.807) is 6.26 Å². The van der Waals surface area contributed by atoms with E-state index in [9.17, 15) is 19.5 Å². The molecule has 0 aromatic carbocycles. The standard InChI is InChI=1S/C12H25NO7S2/c1-22(19)5-3-2-4-8(13-18)21-12-11(17)10(16)9(15)7(6-14)20-12/h7-18H,2-6H2,1H3/t7-,8?,9-,10+,11-,12+,22+/m1/s1. The number of hydrogen-bond acceptors (Lipinski definition) is 9. The summed E-state index contributed by atoms with van der Waals surface area (Å²) in [5, 5.41) is 47.2. The number of aliphatic hydroxyl groups is 4. The van der Waals surface area contributed by atoms with Gasteiger partial charge in [-0.15, -0.1) is 11.8 Å². The van der Waals surface area contributed by atoms with E-state index in [1.165, 1.54) is 0 Å². The van der Waals surface area contributed by atoms with Gasteiger partial charge in [0.25, 0.3) is 0 Å². The lowest BCUT2D eigenvalue weighted by atomic mass is 10.0. The Bertz CT molecular complexity index is 347. The summed E-state index contributed by atoms with van der Waals surface area (Å²) >= 11 is 1.07. The number of hydrogen-bond donors (Lipinski definition) is 6. The lowest BCUT2D eigenvalue weighted by Gasteiger charge is -2.40. The summed E-state index contributed by atoms with van der Waals surface area (Å²) in [4.78, 5) is 0. The quantitative estimate of drug-likeness (QED) is 0.163. The fourth-order valence-corrected chi connectivity index (χ4v) is 3.97. The molecule has 1 aliphatic heterocycles. The van der Waals surface area contributed by atoms with Gasteiger partial charge < -0.3 is 30.4 Å². The van der Waals surface area contributed by atoms with Crippen LogP contribution in [0.25, 0.3) is 0 Å². The third-order valence-corrected chi connectivity index (χ3v) is 5.63. The van der Waals surface area contributed by atoms with Crippen molar-refractivity contribution in [3.05, 3.63) is 0 Å². The van der Waals surface area contributed by atoms with Crippen LogP contribution in [0.3, 0.4) is 0 Å². The third kappa shape index (κ3) is 6.02. The molecule has 0 aromatic heterocycles. The van der Waals surface area contributed by atoms with Crippen LogP contribution in [0.15, 0.2) is 0 Å². The van der Waals surface area contributed by atoms with E-state index in [4.69, 9.17) is 15.1 Å². The minimum atomic E-state index is -1.43. The Hall–Kier alpha value is 0.220. The van der Waals surface area contributed by atoms with Crippen molar-refractivity contribution in [2.75, 3.05) is 18.6 Å². The number of nitrogens with one attached hydrogen (secondary N) is 1. The molecule has 22 heavy (non-hydrogen) atoms. The molecular weight excluding hydrogens is 334 g/mol. The van der Waals surface area contributed by atoms with Crippen LogP contribution in [0, 0.1) is 0 Å². The van der Waals surface area contributed by atoms with Crippen LogP contribution in [-0.2, 0) is 15.5 Å². The molecule has 6 N–H and O–H groups in total. The highest BCUT2D eigenvalue weighted by molar-refractivity contribution is 8.00. The lowest BCUT2D eigenvalue weighted by Crippen LogP contribution is -2.58. The molecule has 0 saturated carbocycles. The molecule has 1 saturated heterocycles. The molecular formula is C12H25NO7S2. The molecule has 0 spiro atoms. The first-order chi connectivity index (χ1) is 10.4. The monoisotopic (exact) mass is 359 g/mol. The summed E-state index contributed by atoms with van der Waals surface area (Å²) in [5.74, 6) is 0.586. The average molecular weight is 359 g/mol. The summed E-state index contributed by atoms with van der Waals surface area (Å²) in [7, 11) is -0.852. The van der Waals surface area contributed by atoms with Gasteiger partial charge in [-0.2, -0.15) is 5.48 Å². The molecule has 7 atom stereocenters. The number of aliphatic hydroxyl groups excluding tert-OH is 4. The maximum Gasteiger partial charge on any atom is 0.133 e. The first-order valence-electron chi connectivity index (χ1n) is 7.06. The van der Waals surface area contributed by atoms with E-state index in [1.807, 2.05) is 0 Å². The Morgan fingerprint density at radius 2 is 1.91 bits per heavy atom. The highest BCUT2D eigenvalue weighted by Crippen LogP contribution is 2.31. The normalized spacial score (nSPS) is 35.3. The predicted molar refractivity (Wildman–Crippen MR) is 82.9 cm³/mol. The van der Waals surface area contributed by atoms with Gasteiger partial charge in [0.15, 0.2) is 0 Å². The fraction of sp³-hybridized carbons (Fsp3) is 1.00. The Kier molecular flexibility index (Phi) is 9.36. The second kappa shape index (κ2) is 10.2. The molecule has 10 heteroatoms. The summed E-state index contributed by atoms with van der Waals surface area (Å²) in [5.41, 5.74) is 1.22. The second-order valence-corrected chi connectivity index (χ2v) is 8.08. The predicted octanol–water partition coefficient (Wildman–Crippen LogP) is -1.63. The van der Waals surface area contributed by atoms with Gasteiger partial charge in [0.1, 0.15) is 29.9 Å². The number of hydroxylamine groups is 1. The molecule has 1 unspecified atom stereocenters. The summed E-state index contributed by atoms with van der Waals surface area (Å²) in [6, 6.07) is 0. The van der Waals surface area contributed by atoms with E-state index >= 15 is 0 Å². The number of ether oxygens (including phenoxy) is 1. The summed E-state index contributed by atoms with van der Waals surface area (Å²) < 4.78 is 16.3. The molecule has 0 aliphatic carbocycles. The van der Waals surface area contributed by atoms with Crippen LogP contribution in [0.5, 0.6) is 0 Å². The third-order valence-electron chi connectivity index (χ3n) is 3.44. The Labute approximate surface area is 136 Å². The Balaban J connectivity index is 2.48. The first kappa shape index (κ1) is 20.3. The van der Waals surface area contributed by atoms with E-state index in [0.717, 1.165) is 24.6 Å². The topological polar surface area (TPSA) is 139 Å². The molecule has 1 heterocycles. The minimum absolute atomic E-state index is 0.452. The Morgan fingerprint density at radius 3 is 2.45 bits per heavy atom. The molecule has 132 valence electrons. The smallest absolute Gasteiger partial charge is 0.133 e. The lowest BCUT2D eigenvalue weighted by molar-refractivity contribution is -0.205. The molecule has 1 aliphatic rings. The van der Waals surface area contributed by atoms with Crippen molar-refractivity contribution in [1.29, 1.82) is 0 Å². The highest BCUT2D eigenvalue weighted by Gasteiger charge is 2.44. The van der Waals surface area contributed by atoms with Crippen molar-refractivity contribution < 1.29 is 34.6 Å². The molecule has 0 radical (unpaired) electrons. The van der Waals surface area contributed by atoms with Crippen LogP contribution in [0.4, 0.5) is 0 Å². The molecule has 1 fully saturated rings. The van der Waals surface area contributed by atoms with E-state index in [0.29, 0.717) is 12.2 Å². The van der Waals surface area contributed by atoms with Gasteiger partial charge in [-0.05, 0) is 12.8 Å². The van der Waals surface area contributed by atoms with Crippen LogP contribution in [-0.4, -0.2) is 83.7 Å². The maximum atomic E-state index is 11.0. The van der Waals surface area contributed by atoms with E-state index in [-0.39, 0.29) is 0 Å². The average Bonchev–Trinajstić information content (AvgIpc) is 2.50. The van der Waals surface area contributed by atoms with Crippen molar-refractivity contribution in [3.63, 3.8) is 0 Å². The maximum absolute atomic E-state index is 11.0.